The smallest absolute Gasteiger partial charge is 0.416 e. The predicted molar refractivity (Wildman–Crippen MR) is 116 cm³/mol. The SMILES string of the molecule is O=C(COc1cccc(-c2nc(-c3ccccc3)no2)c1)Nc1cc(C(F)(F)F)ccc1Cl. The summed E-state index contributed by atoms with van der Waals surface area (Å²) in [6, 6.07) is 18.6. The summed E-state index contributed by atoms with van der Waals surface area (Å²) in [6.45, 7) is -0.449. The van der Waals surface area contributed by atoms with Gasteiger partial charge in [-0.15, -0.1) is 0 Å². The molecule has 33 heavy (non-hydrogen) atoms. The van der Waals surface area contributed by atoms with Crippen molar-refractivity contribution in [3.63, 3.8) is 0 Å². The summed E-state index contributed by atoms with van der Waals surface area (Å²) >= 11 is 5.90. The summed E-state index contributed by atoms with van der Waals surface area (Å²) in [7, 11) is 0. The van der Waals surface area contributed by atoms with E-state index in [9.17, 15) is 18.0 Å². The van der Waals surface area contributed by atoms with Crippen LogP contribution in [0.1, 0.15) is 5.56 Å². The standard InChI is InChI=1S/C23H15ClF3N3O3/c24-18-10-9-16(23(25,26)27)12-19(18)28-20(31)13-32-17-8-4-7-15(11-17)22-29-21(30-33-22)14-5-2-1-3-6-14/h1-12H,13H2,(H,28,31). The third-order valence-corrected chi connectivity index (χ3v) is 4.81. The van der Waals surface area contributed by atoms with Crippen LogP contribution in [0.25, 0.3) is 22.8 Å². The van der Waals surface area contributed by atoms with Crippen LogP contribution < -0.4 is 10.1 Å². The minimum Gasteiger partial charge on any atom is -0.484 e. The number of nitrogens with one attached hydrogen (secondary N) is 1. The van der Waals surface area contributed by atoms with E-state index in [2.05, 4.69) is 15.5 Å². The number of amides is 1. The normalized spacial score (nSPS) is 11.3. The maximum Gasteiger partial charge on any atom is 0.416 e. The highest BCUT2D eigenvalue weighted by Gasteiger charge is 2.31. The van der Waals surface area contributed by atoms with E-state index in [4.69, 9.17) is 20.9 Å². The van der Waals surface area contributed by atoms with Gasteiger partial charge < -0.3 is 14.6 Å². The topological polar surface area (TPSA) is 77.2 Å². The van der Waals surface area contributed by atoms with Gasteiger partial charge >= 0.3 is 6.18 Å². The molecule has 4 rings (SSSR count). The van der Waals surface area contributed by atoms with E-state index in [0.717, 1.165) is 23.8 Å². The van der Waals surface area contributed by atoms with E-state index in [1.807, 2.05) is 30.3 Å². The van der Waals surface area contributed by atoms with Crippen LogP contribution in [-0.4, -0.2) is 22.7 Å². The Hall–Kier alpha value is -3.85. The second-order valence-corrected chi connectivity index (χ2v) is 7.25. The molecule has 6 nitrogen and oxygen atoms in total. The summed E-state index contributed by atoms with van der Waals surface area (Å²) in [5, 5.41) is 6.26. The van der Waals surface area contributed by atoms with Gasteiger partial charge in [0.2, 0.25) is 5.82 Å². The van der Waals surface area contributed by atoms with E-state index < -0.39 is 24.3 Å². The van der Waals surface area contributed by atoms with E-state index in [1.54, 1.807) is 24.3 Å². The van der Waals surface area contributed by atoms with Crippen LogP contribution in [0.4, 0.5) is 18.9 Å². The highest BCUT2D eigenvalue weighted by Crippen LogP contribution is 2.34. The van der Waals surface area contributed by atoms with Gasteiger partial charge in [-0.2, -0.15) is 18.2 Å². The van der Waals surface area contributed by atoms with Gasteiger partial charge in [0, 0.05) is 11.1 Å². The monoisotopic (exact) mass is 473 g/mol. The average molecular weight is 474 g/mol. The Morgan fingerprint density at radius 3 is 2.52 bits per heavy atom. The zero-order valence-electron chi connectivity index (χ0n) is 16.8. The molecule has 0 aliphatic rings. The lowest BCUT2D eigenvalue weighted by molar-refractivity contribution is -0.137. The van der Waals surface area contributed by atoms with Gasteiger partial charge in [0.15, 0.2) is 6.61 Å². The Labute approximate surface area is 191 Å². The molecule has 0 saturated heterocycles. The van der Waals surface area contributed by atoms with Gasteiger partial charge in [-0.05, 0) is 36.4 Å². The fraction of sp³-hybridized carbons (Fsp3) is 0.0870. The van der Waals surface area contributed by atoms with Crippen molar-refractivity contribution >= 4 is 23.2 Å². The average Bonchev–Trinajstić information content (AvgIpc) is 3.30. The number of benzene rings is 3. The van der Waals surface area contributed by atoms with E-state index in [1.165, 1.54) is 0 Å². The number of ether oxygens (including phenoxy) is 1. The highest BCUT2D eigenvalue weighted by molar-refractivity contribution is 6.33. The Kier molecular flexibility index (Phi) is 6.32. The first-order chi connectivity index (χ1) is 15.8. The van der Waals surface area contributed by atoms with E-state index in [0.29, 0.717) is 17.1 Å². The first-order valence-electron chi connectivity index (χ1n) is 9.58. The minimum atomic E-state index is -4.56. The van der Waals surface area contributed by atoms with Crippen molar-refractivity contribution in [2.45, 2.75) is 6.18 Å². The number of alkyl halides is 3. The predicted octanol–water partition coefficient (Wildman–Crippen LogP) is 6.09. The number of anilines is 1. The summed E-state index contributed by atoms with van der Waals surface area (Å²) in [5.74, 6) is 0.344. The van der Waals surface area contributed by atoms with Gasteiger partial charge in [-0.25, -0.2) is 0 Å². The zero-order chi connectivity index (χ0) is 23.4. The van der Waals surface area contributed by atoms with Gasteiger partial charge in [0.25, 0.3) is 11.8 Å². The van der Waals surface area contributed by atoms with Crippen molar-refractivity contribution in [2.75, 3.05) is 11.9 Å². The molecule has 3 aromatic carbocycles. The molecule has 168 valence electrons. The molecule has 1 aromatic heterocycles. The maximum absolute atomic E-state index is 12.9. The molecule has 0 atom stereocenters. The summed E-state index contributed by atoms with van der Waals surface area (Å²) in [4.78, 5) is 16.6. The third-order valence-electron chi connectivity index (χ3n) is 4.48. The molecule has 0 aliphatic carbocycles. The molecule has 0 radical (unpaired) electrons. The lowest BCUT2D eigenvalue weighted by Crippen LogP contribution is -2.20. The summed E-state index contributed by atoms with van der Waals surface area (Å²) in [6.07, 6.45) is -4.56. The van der Waals surface area contributed by atoms with Crippen molar-refractivity contribution in [1.82, 2.24) is 10.1 Å². The molecular formula is C23H15ClF3N3O3. The maximum atomic E-state index is 12.9. The highest BCUT2D eigenvalue weighted by atomic mass is 35.5. The number of halogens is 4. The quantitative estimate of drug-likeness (QED) is 0.366. The molecule has 4 aromatic rings. The van der Waals surface area contributed by atoms with Gasteiger partial charge in [0.05, 0.1) is 16.3 Å². The fourth-order valence-electron chi connectivity index (χ4n) is 2.90. The fourth-order valence-corrected chi connectivity index (χ4v) is 3.06. The number of nitrogens with zero attached hydrogens (tertiary/aromatic N) is 2. The molecule has 0 aliphatic heterocycles. The second kappa shape index (κ2) is 9.33. The largest absolute Gasteiger partial charge is 0.484 e. The lowest BCUT2D eigenvalue weighted by atomic mass is 10.2. The Morgan fingerprint density at radius 2 is 1.76 bits per heavy atom. The van der Waals surface area contributed by atoms with Crippen LogP contribution in [0.3, 0.4) is 0 Å². The summed E-state index contributed by atoms with van der Waals surface area (Å²) < 4.78 is 49.4. The first kappa shape index (κ1) is 22.3. The molecule has 0 saturated carbocycles. The molecule has 0 spiro atoms. The molecule has 1 heterocycles. The molecule has 1 N–H and O–H groups in total. The van der Waals surface area contributed by atoms with Gasteiger partial charge in [0.1, 0.15) is 5.75 Å². The van der Waals surface area contributed by atoms with Crippen LogP contribution >= 0.6 is 11.6 Å². The summed E-state index contributed by atoms with van der Waals surface area (Å²) in [5.41, 5.74) is 0.284. The molecule has 0 fully saturated rings. The number of hydrogen-bond acceptors (Lipinski definition) is 5. The van der Waals surface area contributed by atoms with Crippen LogP contribution in [-0.2, 0) is 11.0 Å². The molecular weight excluding hydrogens is 459 g/mol. The molecule has 0 unspecified atom stereocenters. The third kappa shape index (κ3) is 5.50. The van der Waals surface area contributed by atoms with Crippen molar-refractivity contribution in [3.8, 4) is 28.6 Å². The van der Waals surface area contributed by atoms with Crippen molar-refractivity contribution in [3.05, 3.63) is 83.4 Å². The minimum absolute atomic E-state index is 0.0241. The van der Waals surface area contributed by atoms with E-state index >= 15 is 0 Å². The van der Waals surface area contributed by atoms with Crippen LogP contribution in [0.5, 0.6) is 5.75 Å². The zero-order valence-corrected chi connectivity index (χ0v) is 17.5. The second-order valence-electron chi connectivity index (χ2n) is 6.85. The molecule has 1 amide bonds. The lowest BCUT2D eigenvalue weighted by Gasteiger charge is -2.12. The van der Waals surface area contributed by atoms with Crippen molar-refractivity contribution in [2.24, 2.45) is 0 Å². The van der Waals surface area contributed by atoms with Gasteiger partial charge in [-0.3, -0.25) is 4.79 Å². The Balaban J connectivity index is 1.42. The Bertz CT molecular complexity index is 1280. The van der Waals surface area contributed by atoms with Gasteiger partial charge in [-0.1, -0.05) is 53.2 Å². The number of hydrogen-bond donors (Lipinski definition) is 1. The molecule has 10 heteroatoms. The molecule has 0 bridgehead atoms. The van der Waals surface area contributed by atoms with Crippen LogP contribution in [0.2, 0.25) is 5.02 Å². The number of carbonyl (C=O) groups excluding carboxylic acids is 1. The van der Waals surface area contributed by atoms with Crippen molar-refractivity contribution < 1.29 is 27.2 Å². The van der Waals surface area contributed by atoms with Crippen LogP contribution in [0.15, 0.2) is 77.3 Å². The van der Waals surface area contributed by atoms with Crippen LogP contribution in [0, 0.1) is 0 Å². The Morgan fingerprint density at radius 1 is 1.00 bits per heavy atom. The number of carbonyl (C=O) groups is 1. The van der Waals surface area contributed by atoms with Crippen molar-refractivity contribution in [1.29, 1.82) is 0 Å². The first-order valence-corrected chi connectivity index (χ1v) is 9.96. The number of rotatable bonds is 6. The number of aromatic nitrogens is 2. The van der Waals surface area contributed by atoms with E-state index in [-0.39, 0.29) is 16.6 Å².